The molecule has 1 N–H and O–H groups in total. The largest absolute Gasteiger partial charge is 0.494 e. The summed E-state index contributed by atoms with van der Waals surface area (Å²) in [6.07, 6.45) is 8.54. The van der Waals surface area contributed by atoms with E-state index in [1.165, 1.54) is 32.1 Å². The van der Waals surface area contributed by atoms with E-state index in [2.05, 4.69) is 0 Å². The quantitative estimate of drug-likeness (QED) is 0.819. The topological polar surface area (TPSA) is 29.5 Å². The molecule has 1 aliphatic rings. The SMILES string of the molecule is CCOc1cccc(C(O)CCC2CCCCC2)c1. The smallest absolute Gasteiger partial charge is 0.119 e. The Morgan fingerprint density at radius 2 is 2.05 bits per heavy atom. The monoisotopic (exact) mass is 262 g/mol. The van der Waals surface area contributed by atoms with Crippen LogP contribution in [0.5, 0.6) is 5.75 Å². The highest BCUT2D eigenvalue weighted by Gasteiger charge is 2.16. The number of rotatable bonds is 6. The standard InChI is InChI=1S/C17H26O2/c1-2-19-16-10-6-9-15(13-16)17(18)12-11-14-7-4-3-5-8-14/h6,9-10,13-14,17-18H,2-5,7-8,11-12H2,1H3. The number of hydrogen-bond donors (Lipinski definition) is 1. The summed E-state index contributed by atoms with van der Waals surface area (Å²) in [6.45, 7) is 2.65. The zero-order valence-corrected chi connectivity index (χ0v) is 12.0. The summed E-state index contributed by atoms with van der Waals surface area (Å²) in [6, 6.07) is 7.87. The molecule has 1 unspecified atom stereocenters. The predicted octanol–water partition coefficient (Wildman–Crippen LogP) is 4.48. The van der Waals surface area contributed by atoms with Crippen molar-refractivity contribution in [3.8, 4) is 5.75 Å². The van der Waals surface area contributed by atoms with Crippen molar-refractivity contribution in [2.45, 2.75) is 58.0 Å². The van der Waals surface area contributed by atoms with E-state index >= 15 is 0 Å². The molecule has 1 aromatic carbocycles. The molecule has 0 spiro atoms. The van der Waals surface area contributed by atoms with E-state index in [0.717, 1.165) is 30.1 Å². The van der Waals surface area contributed by atoms with Crippen molar-refractivity contribution in [2.75, 3.05) is 6.61 Å². The van der Waals surface area contributed by atoms with Gasteiger partial charge in [0.1, 0.15) is 5.75 Å². The summed E-state index contributed by atoms with van der Waals surface area (Å²) in [4.78, 5) is 0. The molecule has 2 rings (SSSR count). The zero-order valence-electron chi connectivity index (χ0n) is 12.0. The average molecular weight is 262 g/mol. The first-order valence-corrected chi connectivity index (χ1v) is 7.70. The molecule has 2 nitrogen and oxygen atoms in total. The van der Waals surface area contributed by atoms with E-state index in [1.807, 2.05) is 31.2 Å². The molecule has 1 aliphatic carbocycles. The molecule has 0 amide bonds. The van der Waals surface area contributed by atoms with E-state index in [0.29, 0.717) is 6.61 Å². The van der Waals surface area contributed by atoms with Crippen LogP contribution >= 0.6 is 0 Å². The van der Waals surface area contributed by atoms with Crippen molar-refractivity contribution in [2.24, 2.45) is 5.92 Å². The van der Waals surface area contributed by atoms with E-state index in [4.69, 9.17) is 4.74 Å². The summed E-state index contributed by atoms with van der Waals surface area (Å²) >= 11 is 0. The van der Waals surface area contributed by atoms with Gasteiger partial charge < -0.3 is 9.84 Å². The van der Waals surface area contributed by atoms with Gasteiger partial charge in [-0.1, -0.05) is 44.2 Å². The number of aliphatic hydroxyl groups is 1. The van der Waals surface area contributed by atoms with Gasteiger partial charge in [0, 0.05) is 0 Å². The van der Waals surface area contributed by atoms with Gasteiger partial charge in [-0.15, -0.1) is 0 Å². The van der Waals surface area contributed by atoms with Crippen LogP contribution in [0.2, 0.25) is 0 Å². The second kappa shape index (κ2) is 7.54. The summed E-state index contributed by atoms with van der Waals surface area (Å²) in [5.41, 5.74) is 0.988. The van der Waals surface area contributed by atoms with Crippen LogP contribution in [-0.2, 0) is 0 Å². The van der Waals surface area contributed by atoms with E-state index in [-0.39, 0.29) is 6.10 Å². The molecular formula is C17H26O2. The molecule has 0 bridgehead atoms. The Morgan fingerprint density at radius 3 is 2.79 bits per heavy atom. The lowest BCUT2D eigenvalue weighted by Gasteiger charge is -2.22. The highest BCUT2D eigenvalue weighted by atomic mass is 16.5. The summed E-state index contributed by atoms with van der Waals surface area (Å²) in [5.74, 6) is 1.69. The third-order valence-corrected chi connectivity index (χ3v) is 4.13. The molecule has 1 aromatic rings. The fraction of sp³-hybridized carbons (Fsp3) is 0.647. The highest BCUT2D eigenvalue weighted by Crippen LogP contribution is 2.31. The molecule has 106 valence electrons. The van der Waals surface area contributed by atoms with Crippen molar-refractivity contribution in [1.29, 1.82) is 0 Å². The third kappa shape index (κ3) is 4.54. The van der Waals surface area contributed by atoms with Crippen molar-refractivity contribution in [1.82, 2.24) is 0 Å². The first-order chi connectivity index (χ1) is 9.29. The Balaban J connectivity index is 1.84. The maximum atomic E-state index is 10.3. The fourth-order valence-electron chi connectivity index (χ4n) is 3.01. The Bertz CT molecular complexity index is 369. The maximum absolute atomic E-state index is 10.3. The Morgan fingerprint density at radius 1 is 1.26 bits per heavy atom. The van der Waals surface area contributed by atoms with Gasteiger partial charge in [0.25, 0.3) is 0 Å². The third-order valence-electron chi connectivity index (χ3n) is 4.13. The lowest BCUT2D eigenvalue weighted by Crippen LogP contribution is -2.08. The van der Waals surface area contributed by atoms with Crippen molar-refractivity contribution in [3.05, 3.63) is 29.8 Å². The predicted molar refractivity (Wildman–Crippen MR) is 78.4 cm³/mol. The zero-order chi connectivity index (χ0) is 13.5. The van der Waals surface area contributed by atoms with Crippen LogP contribution in [-0.4, -0.2) is 11.7 Å². The molecule has 0 radical (unpaired) electrons. The fourth-order valence-corrected chi connectivity index (χ4v) is 3.01. The van der Waals surface area contributed by atoms with Crippen LogP contribution in [0.3, 0.4) is 0 Å². The minimum atomic E-state index is -0.345. The van der Waals surface area contributed by atoms with Crippen LogP contribution < -0.4 is 4.74 Å². The van der Waals surface area contributed by atoms with Crippen molar-refractivity contribution < 1.29 is 9.84 Å². The molecule has 19 heavy (non-hydrogen) atoms. The maximum Gasteiger partial charge on any atom is 0.119 e. The van der Waals surface area contributed by atoms with Crippen molar-refractivity contribution >= 4 is 0 Å². The second-order valence-corrected chi connectivity index (χ2v) is 5.60. The Kier molecular flexibility index (Phi) is 5.71. The average Bonchev–Trinajstić information content (AvgIpc) is 2.46. The van der Waals surface area contributed by atoms with Gasteiger partial charge in [0.2, 0.25) is 0 Å². The molecule has 1 atom stereocenters. The van der Waals surface area contributed by atoms with Crippen LogP contribution in [0.4, 0.5) is 0 Å². The van der Waals surface area contributed by atoms with Crippen LogP contribution in [0.25, 0.3) is 0 Å². The molecule has 0 aliphatic heterocycles. The van der Waals surface area contributed by atoms with E-state index < -0.39 is 0 Å². The molecule has 0 heterocycles. The summed E-state index contributed by atoms with van der Waals surface area (Å²) < 4.78 is 5.48. The van der Waals surface area contributed by atoms with Gasteiger partial charge in [-0.3, -0.25) is 0 Å². The number of aliphatic hydroxyl groups excluding tert-OH is 1. The minimum Gasteiger partial charge on any atom is -0.494 e. The number of ether oxygens (including phenoxy) is 1. The molecular weight excluding hydrogens is 236 g/mol. The normalized spacial score (nSPS) is 18.2. The number of hydrogen-bond acceptors (Lipinski definition) is 2. The first-order valence-electron chi connectivity index (χ1n) is 7.70. The summed E-state index contributed by atoms with van der Waals surface area (Å²) in [5, 5.41) is 10.3. The molecule has 1 saturated carbocycles. The molecule has 2 heteroatoms. The van der Waals surface area contributed by atoms with Crippen LogP contribution in [0, 0.1) is 5.92 Å². The summed E-state index contributed by atoms with van der Waals surface area (Å²) in [7, 11) is 0. The van der Waals surface area contributed by atoms with Gasteiger partial charge in [-0.2, -0.15) is 0 Å². The van der Waals surface area contributed by atoms with Crippen LogP contribution in [0.1, 0.15) is 63.5 Å². The molecule has 0 saturated heterocycles. The van der Waals surface area contributed by atoms with E-state index in [1.54, 1.807) is 0 Å². The molecule has 0 aromatic heterocycles. The van der Waals surface area contributed by atoms with Gasteiger partial charge in [-0.25, -0.2) is 0 Å². The van der Waals surface area contributed by atoms with Crippen LogP contribution in [0.15, 0.2) is 24.3 Å². The first kappa shape index (κ1) is 14.4. The van der Waals surface area contributed by atoms with Gasteiger partial charge >= 0.3 is 0 Å². The van der Waals surface area contributed by atoms with Gasteiger partial charge in [0.05, 0.1) is 12.7 Å². The van der Waals surface area contributed by atoms with Gasteiger partial charge in [-0.05, 0) is 43.4 Å². The van der Waals surface area contributed by atoms with Gasteiger partial charge in [0.15, 0.2) is 0 Å². The molecule has 1 fully saturated rings. The second-order valence-electron chi connectivity index (χ2n) is 5.60. The minimum absolute atomic E-state index is 0.345. The van der Waals surface area contributed by atoms with Crippen molar-refractivity contribution in [3.63, 3.8) is 0 Å². The Labute approximate surface area is 116 Å². The van der Waals surface area contributed by atoms with E-state index in [9.17, 15) is 5.11 Å². The lowest BCUT2D eigenvalue weighted by molar-refractivity contribution is 0.151. The lowest BCUT2D eigenvalue weighted by atomic mass is 9.85. The Hall–Kier alpha value is -1.02. The number of benzene rings is 1. The highest BCUT2D eigenvalue weighted by molar-refractivity contribution is 5.29.